The molecule has 0 N–H and O–H groups in total. The van der Waals surface area contributed by atoms with Crippen LogP contribution < -0.4 is 4.90 Å². The highest BCUT2D eigenvalue weighted by atomic mass is 35.5. The van der Waals surface area contributed by atoms with Gasteiger partial charge in [0.1, 0.15) is 11.3 Å². The van der Waals surface area contributed by atoms with Crippen molar-refractivity contribution in [3.8, 4) is 0 Å². The van der Waals surface area contributed by atoms with E-state index in [1.54, 1.807) is 6.07 Å². The molecule has 34 heavy (non-hydrogen) atoms. The number of aryl methyl sites for hydroxylation is 1. The van der Waals surface area contributed by atoms with Crippen molar-refractivity contribution >= 4 is 52.6 Å². The average Bonchev–Trinajstić information content (AvgIpc) is 3.36. The predicted octanol–water partition coefficient (Wildman–Crippen LogP) is 6.17. The summed E-state index contributed by atoms with van der Waals surface area (Å²) < 4.78 is 1.94. The molecule has 5 rings (SSSR count). The number of piperidine rings is 1. The van der Waals surface area contributed by atoms with E-state index < -0.39 is 0 Å². The first kappa shape index (κ1) is 25.5. The minimum absolute atomic E-state index is 0. The maximum Gasteiger partial charge on any atom is 0.179 e. The highest BCUT2D eigenvalue weighted by molar-refractivity contribution is 6.35. The molecule has 1 aromatic carbocycles. The van der Waals surface area contributed by atoms with Gasteiger partial charge in [0.25, 0.3) is 0 Å². The van der Waals surface area contributed by atoms with Crippen LogP contribution in [0.4, 0.5) is 5.82 Å². The van der Waals surface area contributed by atoms with E-state index in [-0.39, 0.29) is 18.4 Å². The zero-order valence-corrected chi connectivity index (χ0v) is 22.5. The summed E-state index contributed by atoms with van der Waals surface area (Å²) in [6.45, 7) is 12.1. The minimum Gasteiger partial charge on any atom is -0.355 e. The van der Waals surface area contributed by atoms with Crippen LogP contribution in [0, 0.1) is 12.8 Å². The Labute approximate surface area is 218 Å². The fourth-order valence-electron chi connectivity index (χ4n) is 5.72. The molecule has 4 atom stereocenters. The zero-order chi connectivity index (χ0) is 23.3. The number of hydrogen-bond acceptors (Lipinski definition) is 5. The second-order valence-corrected chi connectivity index (χ2v) is 10.6. The van der Waals surface area contributed by atoms with Crippen LogP contribution in [-0.2, 0) is 0 Å². The molecule has 3 aromatic rings. The van der Waals surface area contributed by atoms with E-state index >= 15 is 0 Å². The summed E-state index contributed by atoms with van der Waals surface area (Å²) in [6.07, 6.45) is 5.73. The van der Waals surface area contributed by atoms with Gasteiger partial charge in [-0.2, -0.15) is 5.10 Å². The molecule has 2 aliphatic heterocycles. The molecule has 2 saturated heterocycles. The summed E-state index contributed by atoms with van der Waals surface area (Å²) in [5, 5.41) is 6.04. The van der Waals surface area contributed by atoms with Crippen molar-refractivity contribution < 1.29 is 0 Å². The van der Waals surface area contributed by atoms with Crippen LogP contribution in [0.3, 0.4) is 0 Å². The van der Waals surface area contributed by atoms with Crippen molar-refractivity contribution in [2.45, 2.75) is 65.1 Å². The number of aromatic nitrogens is 4. The Balaban J connectivity index is 0.00000274. The smallest absolute Gasteiger partial charge is 0.179 e. The van der Waals surface area contributed by atoms with Gasteiger partial charge >= 0.3 is 0 Å². The predicted molar refractivity (Wildman–Crippen MR) is 143 cm³/mol. The number of anilines is 1. The van der Waals surface area contributed by atoms with Gasteiger partial charge in [-0.25, -0.2) is 14.6 Å². The lowest BCUT2D eigenvalue weighted by Crippen LogP contribution is -2.51. The van der Waals surface area contributed by atoms with Crippen molar-refractivity contribution in [2.75, 3.05) is 24.5 Å². The zero-order valence-electron chi connectivity index (χ0n) is 20.2. The van der Waals surface area contributed by atoms with Crippen LogP contribution in [-0.4, -0.2) is 56.4 Å². The van der Waals surface area contributed by atoms with Crippen molar-refractivity contribution in [2.24, 2.45) is 5.92 Å². The molecule has 2 fully saturated rings. The van der Waals surface area contributed by atoms with Gasteiger partial charge in [-0.15, -0.1) is 12.4 Å². The number of hydrogen-bond donors (Lipinski definition) is 0. The van der Waals surface area contributed by atoms with Crippen LogP contribution in [0.25, 0.3) is 11.2 Å². The molecular formula is C25H33Cl3N6. The maximum absolute atomic E-state index is 6.51. The van der Waals surface area contributed by atoms with E-state index in [9.17, 15) is 0 Å². The molecule has 0 radical (unpaired) electrons. The molecule has 0 amide bonds. The van der Waals surface area contributed by atoms with Crippen LogP contribution in [0.2, 0.25) is 10.0 Å². The van der Waals surface area contributed by atoms with Crippen molar-refractivity contribution in [1.82, 2.24) is 24.6 Å². The largest absolute Gasteiger partial charge is 0.355 e. The quantitative estimate of drug-likeness (QED) is 0.409. The lowest BCUT2D eigenvalue weighted by atomic mass is 9.92. The van der Waals surface area contributed by atoms with Gasteiger partial charge in [0.15, 0.2) is 5.65 Å². The number of fused-ring (bicyclic) bond motifs is 1. The Morgan fingerprint density at radius 1 is 1.12 bits per heavy atom. The summed E-state index contributed by atoms with van der Waals surface area (Å²) >= 11 is 12.6. The molecular weight excluding hydrogens is 491 g/mol. The standard InChI is InChI=1S/C25H32Cl2N6.ClH/c1-15-14-31(11-9-22(15)32-10-5-6-16(32)2)23-13-28-24-17(3)30-33(25(24)29-23)18(4)20-8-7-19(26)12-21(20)27;/h7-8,12-13,15-16,18,22H,5-6,9-11,14H2,1-4H3;1H/t15-,16+,18?,22+;/m1./s1. The van der Waals surface area contributed by atoms with Gasteiger partial charge in [-0.05, 0) is 70.2 Å². The fraction of sp³-hybridized carbons (Fsp3) is 0.560. The third-order valence-corrected chi connectivity index (χ3v) is 8.12. The third kappa shape index (κ3) is 4.62. The monoisotopic (exact) mass is 522 g/mol. The van der Waals surface area contributed by atoms with Crippen LogP contribution in [0.5, 0.6) is 0 Å². The first-order valence-electron chi connectivity index (χ1n) is 12.0. The number of nitrogens with zero attached hydrogens (tertiary/aromatic N) is 6. The molecule has 2 aliphatic rings. The lowest BCUT2D eigenvalue weighted by Gasteiger charge is -2.43. The number of likely N-dealkylation sites (tertiary alicyclic amines) is 1. The topological polar surface area (TPSA) is 50.1 Å². The van der Waals surface area contributed by atoms with E-state index in [1.807, 2.05) is 29.9 Å². The van der Waals surface area contributed by atoms with E-state index in [2.05, 4.69) is 30.6 Å². The van der Waals surface area contributed by atoms with Crippen LogP contribution in [0.15, 0.2) is 24.4 Å². The van der Waals surface area contributed by atoms with Crippen LogP contribution >= 0.6 is 35.6 Å². The van der Waals surface area contributed by atoms with Crippen molar-refractivity contribution in [1.29, 1.82) is 0 Å². The summed E-state index contributed by atoms with van der Waals surface area (Å²) in [7, 11) is 0. The second-order valence-electron chi connectivity index (χ2n) is 9.78. The lowest BCUT2D eigenvalue weighted by molar-refractivity contribution is 0.122. The van der Waals surface area contributed by atoms with E-state index in [0.29, 0.717) is 28.0 Å². The van der Waals surface area contributed by atoms with Gasteiger partial charge in [0.2, 0.25) is 0 Å². The molecule has 2 aromatic heterocycles. The number of rotatable bonds is 4. The maximum atomic E-state index is 6.51. The summed E-state index contributed by atoms with van der Waals surface area (Å²) in [6, 6.07) is 6.88. The Morgan fingerprint density at radius 3 is 2.59 bits per heavy atom. The first-order valence-corrected chi connectivity index (χ1v) is 12.8. The van der Waals surface area contributed by atoms with Crippen LogP contribution in [0.1, 0.15) is 57.3 Å². The fourth-order valence-corrected chi connectivity index (χ4v) is 6.28. The first-order chi connectivity index (χ1) is 15.8. The number of benzene rings is 1. The molecule has 0 spiro atoms. The minimum atomic E-state index is -0.0863. The Kier molecular flexibility index (Phi) is 7.63. The normalized spacial score (nSPS) is 24.4. The van der Waals surface area contributed by atoms with Gasteiger partial charge in [0.05, 0.1) is 17.9 Å². The SMILES string of the molecule is Cc1nn(C(C)c2ccc(Cl)cc2Cl)c2nc(N3CC[C@H](N4CCC[C@@H]4C)[C@H](C)C3)cnc12.Cl. The van der Waals surface area contributed by atoms with Crippen molar-refractivity contribution in [3.05, 3.63) is 45.7 Å². The van der Waals surface area contributed by atoms with Crippen molar-refractivity contribution in [3.63, 3.8) is 0 Å². The molecule has 6 nitrogen and oxygen atoms in total. The van der Waals surface area contributed by atoms with Gasteiger partial charge < -0.3 is 4.90 Å². The highest BCUT2D eigenvalue weighted by Crippen LogP contribution is 2.33. The molecule has 4 heterocycles. The van der Waals surface area contributed by atoms with E-state index in [1.165, 1.54) is 25.8 Å². The molecule has 9 heteroatoms. The summed E-state index contributed by atoms with van der Waals surface area (Å²) in [5.74, 6) is 1.52. The van der Waals surface area contributed by atoms with E-state index in [4.69, 9.17) is 38.3 Å². The van der Waals surface area contributed by atoms with Gasteiger partial charge in [0, 0.05) is 35.2 Å². The average molecular weight is 524 g/mol. The molecule has 184 valence electrons. The Hall–Kier alpha value is -1.60. The molecule has 1 unspecified atom stereocenters. The third-order valence-electron chi connectivity index (χ3n) is 7.55. The highest BCUT2D eigenvalue weighted by Gasteiger charge is 2.35. The summed E-state index contributed by atoms with van der Waals surface area (Å²) in [4.78, 5) is 15.0. The van der Waals surface area contributed by atoms with Gasteiger partial charge in [-0.3, -0.25) is 4.90 Å². The van der Waals surface area contributed by atoms with E-state index in [0.717, 1.165) is 41.3 Å². The molecule has 0 aliphatic carbocycles. The van der Waals surface area contributed by atoms with Gasteiger partial charge in [-0.1, -0.05) is 36.2 Å². The second kappa shape index (κ2) is 10.2. The Morgan fingerprint density at radius 2 is 1.91 bits per heavy atom. The molecule has 0 saturated carbocycles. The number of halogens is 3. The molecule has 0 bridgehead atoms. The summed E-state index contributed by atoms with van der Waals surface area (Å²) in [5.41, 5.74) is 3.47. The Bertz CT molecular complexity index is 1170.